The predicted molar refractivity (Wildman–Crippen MR) is 83.7 cm³/mol. The minimum Gasteiger partial charge on any atom is -0.389 e. The topological polar surface area (TPSA) is 67.2 Å². The number of anilines is 1. The Hall–Kier alpha value is -1.33. The Kier molecular flexibility index (Phi) is 5.14. The van der Waals surface area contributed by atoms with E-state index in [0.29, 0.717) is 17.1 Å². The molecule has 0 aliphatic carbocycles. The van der Waals surface area contributed by atoms with Crippen LogP contribution in [-0.2, 0) is 4.79 Å². The molecule has 0 aromatic heterocycles. The van der Waals surface area contributed by atoms with Gasteiger partial charge in [-0.2, -0.15) is 0 Å². The first-order valence-electron chi connectivity index (χ1n) is 5.83. The third-order valence-electron chi connectivity index (χ3n) is 2.81. The van der Waals surface area contributed by atoms with Crippen LogP contribution in [0.15, 0.2) is 18.2 Å². The average molecular weight is 300 g/mol. The summed E-state index contributed by atoms with van der Waals surface area (Å²) in [6, 6.07) is 5.34. The highest BCUT2D eigenvalue weighted by molar-refractivity contribution is 7.80. The Labute approximate surface area is 123 Å². The Morgan fingerprint density at radius 3 is 2.58 bits per heavy atom. The standard InChI is InChI=1S/C13H18ClN3OS/c1-13(2,12(18)16-3)7-17-8-4-5-9(11(15)19)10(14)6-8/h4-6,17H,7H2,1-3H3,(H2,15,19)(H,16,18). The molecule has 1 aromatic rings. The van der Waals surface area contributed by atoms with E-state index in [1.165, 1.54) is 0 Å². The van der Waals surface area contributed by atoms with Gasteiger partial charge in [-0.15, -0.1) is 0 Å². The van der Waals surface area contributed by atoms with E-state index >= 15 is 0 Å². The highest BCUT2D eigenvalue weighted by Gasteiger charge is 2.26. The molecule has 0 radical (unpaired) electrons. The monoisotopic (exact) mass is 299 g/mol. The summed E-state index contributed by atoms with van der Waals surface area (Å²) >= 11 is 11.0. The second kappa shape index (κ2) is 6.21. The quantitative estimate of drug-likeness (QED) is 0.729. The van der Waals surface area contributed by atoms with Crippen molar-refractivity contribution in [3.8, 4) is 0 Å². The van der Waals surface area contributed by atoms with E-state index in [4.69, 9.17) is 29.6 Å². The Bertz CT molecular complexity index is 503. The molecule has 19 heavy (non-hydrogen) atoms. The van der Waals surface area contributed by atoms with Crippen molar-refractivity contribution in [1.29, 1.82) is 0 Å². The summed E-state index contributed by atoms with van der Waals surface area (Å²) < 4.78 is 0. The molecule has 1 rings (SSSR count). The van der Waals surface area contributed by atoms with Gasteiger partial charge in [0.15, 0.2) is 0 Å². The number of halogens is 1. The molecule has 0 aliphatic rings. The molecule has 0 spiro atoms. The highest BCUT2D eigenvalue weighted by Crippen LogP contribution is 2.23. The van der Waals surface area contributed by atoms with Gasteiger partial charge in [0.2, 0.25) is 5.91 Å². The summed E-state index contributed by atoms with van der Waals surface area (Å²) in [5.41, 5.74) is 6.50. The molecule has 4 N–H and O–H groups in total. The number of carbonyl (C=O) groups excluding carboxylic acids is 1. The molecule has 6 heteroatoms. The van der Waals surface area contributed by atoms with E-state index < -0.39 is 5.41 Å². The molecule has 0 heterocycles. The molecular weight excluding hydrogens is 282 g/mol. The first kappa shape index (κ1) is 15.7. The van der Waals surface area contributed by atoms with E-state index in [1.807, 2.05) is 19.9 Å². The molecular formula is C13H18ClN3OS. The number of amides is 1. The lowest BCUT2D eigenvalue weighted by atomic mass is 9.92. The average Bonchev–Trinajstić information content (AvgIpc) is 2.35. The molecule has 1 aromatic carbocycles. The van der Waals surface area contributed by atoms with Gasteiger partial charge in [0.05, 0.1) is 10.4 Å². The van der Waals surface area contributed by atoms with Gasteiger partial charge >= 0.3 is 0 Å². The van der Waals surface area contributed by atoms with E-state index in [-0.39, 0.29) is 10.9 Å². The van der Waals surface area contributed by atoms with E-state index in [9.17, 15) is 4.79 Å². The number of nitrogens with two attached hydrogens (primary N) is 1. The zero-order valence-electron chi connectivity index (χ0n) is 11.2. The fourth-order valence-corrected chi connectivity index (χ4v) is 2.08. The van der Waals surface area contributed by atoms with Gasteiger partial charge < -0.3 is 16.4 Å². The fourth-order valence-electron chi connectivity index (χ4n) is 1.57. The van der Waals surface area contributed by atoms with Gasteiger partial charge in [-0.1, -0.05) is 23.8 Å². The van der Waals surface area contributed by atoms with Crippen LogP contribution in [0.25, 0.3) is 0 Å². The number of rotatable bonds is 5. The van der Waals surface area contributed by atoms with Crippen molar-refractivity contribution < 1.29 is 4.79 Å². The maximum absolute atomic E-state index is 11.7. The highest BCUT2D eigenvalue weighted by atomic mass is 35.5. The summed E-state index contributed by atoms with van der Waals surface area (Å²) in [5, 5.41) is 6.31. The normalized spacial score (nSPS) is 10.9. The zero-order chi connectivity index (χ0) is 14.6. The number of benzene rings is 1. The first-order chi connectivity index (χ1) is 8.77. The molecule has 1 amide bonds. The zero-order valence-corrected chi connectivity index (χ0v) is 12.8. The van der Waals surface area contributed by atoms with Crippen molar-refractivity contribution in [2.24, 2.45) is 11.1 Å². The van der Waals surface area contributed by atoms with Gasteiger partial charge in [0.1, 0.15) is 4.99 Å². The van der Waals surface area contributed by atoms with Crippen molar-refractivity contribution in [3.63, 3.8) is 0 Å². The molecule has 0 saturated carbocycles. The maximum Gasteiger partial charge on any atom is 0.227 e. The van der Waals surface area contributed by atoms with Gasteiger partial charge in [0.25, 0.3) is 0 Å². The number of nitrogens with one attached hydrogen (secondary N) is 2. The van der Waals surface area contributed by atoms with E-state index in [0.717, 1.165) is 5.69 Å². The lowest BCUT2D eigenvalue weighted by Gasteiger charge is -2.23. The van der Waals surface area contributed by atoms with Crippen molar-refractivity contribution in [2.75, 3.05) is 18.9 Å². The van der Waals surface area contributed by atoms with Gasteiger partial charge in [-0.3, -0.25) is 4.79 Å². The fraction of sp³-hybridized carbons (Fsp3) is 0.385. The van der Waals surface area contributed by atoms with Crippen molar-refractivity contribution in [3.05, 3.63) is 28.8 Å². The van der Waals surface area contributed by atoms with Crippen molar-refractivity contribution in [1.82, 2.24) is 5.32 Å². The molecule has 104 valence electrons. The van der Waals surface area contributed by atoms with E-state index in [2.05, 4.69) is 10.6 Å². The number of thiocarbonyl (C=S) groups is 1. The molecule has 0 unspecified atom stereocenters. The van der Waals surface area contributed by atoms with Crippen LogP contribution in [0.1, 0.15) is 19.4 Å². The van der Waals surface area contributed by atoms with Crippen LogP contribution < -0.4 is 16.4 Å². The van der Waals surface area contributed by atoms with Gasteiger partial charge in [-0.05, 0) is 32.0 Å². The summed E-state index contributed by atoms with van der Waals surface area (Å²) in [5.74, 6) is -0.0224. The molecule has 0 saturated heterocycles. The van der Waals surface area contributed by atoms with Crippen LogP contribution in [0.5, 0.6) is 0 Å². The number of hydrogen-bond donors (Lipinski definition) is 3. The molecule has 0 fully saturated rings. The maximum atomic E-state index is 11.7. The minimum absolute atomic E-state index is 0.0224. The van der Waals surface area contributed by atoms with Crippen LogP contribution in [0.2, 0.25) is 5.02 Å². The van der Waals surface area contributed by atoms with Crippen LogP contribution in [0.4, 0.5) is 5.69 Å². The van der Waals surface area contributed by atoms with Crippen molar-refractivity contribution in [2.45, 2.75) is 13.8 Å². The van der Waals surface area contributed by atoms with Crippen LogP contribution in [0.3, 0.4) is 0 Å². The smallest absolute Gasteiger partial charge is 0.227 e. The van der Waals surface area contributed by atoms with Crippen LogP contribution in [-0.4, -0.2) is 24.5 Å². The van der Waals surface area contributed by atoms with Crippen molar-refractivity contribution >= 4 is 40.4 Å². The van der Waals surface area contributed by atoms with Crippen LogP contribution in [0, 0.1) is 5.41 Å². The number of carbonyl (C=O) groups is 1. The second-order valence-corrected chi connectivity index (χ2v) is 5.72. The Morgan fingerprint density at radius 1 is 1.47 bits per heavy atom. The van der Waals surface area contributed by atoms with E-state index in [1.54, 1.807) is 19.2 Å². The van der Waals surface area contributed by atoms with Crippen LogP contribution >= 0.6 is 23.8 Å². The van der Waals surface area contributed by atoms with Gasteiger partial charge in [-0.25, -0.2) is 0 Å². The third kappa shape index (κ3) is 4.08. The summed E-state index contributed by atoms with van der Waals surface area (Å²) in [7, 11) is 1.62. The minimum atomic E-state index is -0.511. The molecule has 0 atom stereocenters. The Balaban J connectivity index is 2.77. The third-order valence-corrected chi connectivity index (χ3v) is 3.34. The Morgan fingerprint density at radius 2 is 2.11 bits per heavy atom. The summed E-state index contributed by atoms with van der Waals surface area (Å²) in [6.07, 6.45) is 0. The number of hydrogen-bond acceptors (Lipinski definition) is 3. The summed E-state index contributed by atoms with van der Waals surface area (Å²) in [4.78, 5) is 11.9. The molecule has 4 nitrogen and oxygen atoms in total. The van der Waals surface area contributed by atoms with Gasteiger partial charge in [0, 0.05) is 24.8 Å². The molecule has 0 bridgehead atoms. The first-order valence-corrected chi connectivity index (χ1v) is 6.62. The SMILES string of the molecule is CNC(=O)C(C)(C)CNc1ccc(C(N)=S)c(Cl)c1. The lowest BCUT2D eigenvalue weighted by Crippen LogP contribution is -2.39. The summed E-state index contributed by atoms with van der Waals surface area (Å²) in [6.45, 7) is 4.23. The predicted octanol–water partition coefficient (Wildman–Crippen LogP) is 2.16. The lowest BCUT2D eigenvalue weighted by molar-refractivity contribution is -0.128. The molecule has 0 aliphatic heterocycles. The second-order valence-electron chi connectivity index (χ2n) is 4.88. The largest absolute Gasteiger partial charge is 0.389 e.